The van der Waals surface area contributed by atoms with Gasteiger partial charge in [0.1, 0.15) is 0 Å². The molecule has 0 aliphatic rings. The van der Waals surface area contributed by atoms with Crippen LogP contribution in [0.25, 0.3) is 0 Å². The second-order valence-electron chi connectivity index (χ2n) is 3.98. The predicted octanol–water partition coefficient (Wildman–Crippen LogP) is 2.99. The molecule has 0 aliphatic carbocycles. The molecule has 2 N–H and O–H groups in total. The lowest BCUT2D eigenvalue weighted by atomic mass is 10.0. The molecule has 3 heteroatoms. The van der Waals surface area contributed by atoms with Crippen molar-refractivity contribution in [2.24, 2.45) is 5.73 Å². The van der Waals surface area contributed by atoms with Crippen LogP contribution in [-0.2, 0) is 11.2 Å². The highest BCUT2D eigenvalue weighted by molar-refractivity contribution is 7.10. The SMILES string of the molecule is COCCc1ccc(C(N)c2cccs2)cc1. The first-order valence-corrected chi connectivity index (χ1v) is 6.56. The summed E-state index contributed by atoms with van der Waals surface area (Å²) < 4.78 is 5.06. The first kappa shape index (κ1) is 12.3. The van der Waals surface area contributed by atoms with E-state index in [1.54, 1.807) is 18.4 Å². The molecule has 0 saturated heterocycles. The topological polar surface area (TPSA) is 35.2 Å². The van der Waals surface area contributed by atoms with Crippen molar-refractivity contribution in [1.82, 2.24) is 0 Å². The largest absolute Gasteiger partial charge is 0.384 e. The van der Waals surface area contributed by atoms with Gasteiger partial charge in [-0.05, 0) is 29.0 Å². The molecule has 0 bridgehead atoms. The second-order valence-corrected chi connectivity index (χ2v) is 4.96. The minimum Gasteiger partial charge on any atom is -0.384 e. The van der Waals surface area contributed by atoms with Gasteiger partial charge in [-0.15, -0.1) is 11.3 Å². The van der Waals surface area contributed by atoms with E-state index in [-0.39, 0.29) is 6.04 Å². The molecule has 1 atom stereocenters. The number of thiophene rings is 1. The summed E-state index contributed by atoms with van der Waals surface area (Å²) in [6.45, 7) is 0.760. The van der Waals surface area contributed by atoms with Crippen LogP contribution < -0.4 is 5.73 Å². The molecule has 2 rings (SSSR count). The minimum absolute atomic E-state index is 0.00789. The molecule has 2 nitrogen and oxygen atoms in total. The predicted molar refractivity (Wildman–Crippen MR) is 72.4 cm³/mol. The number of hydrogen-bond acceptors (Lipinski definition) is 3. The van der Waals surface area contributed by atoms with E-state index in [1.807, 2.05) is 6.07 Å². The Bertz CT molecular complexity index is 436. The van der Waals surface area contributed by atoms with Crippen molar-refractivity contribution in [1.29, 1.82) is 0 Å². The van der Waals surface area contributed by atoms with Gasteiger partial charge in [0.25, 0.3) is 0 Å². The maximum atomic E-state index is 6.20. The summed E-state index contributed by atoms with van der Waals surface area (Å²) in [6.07, 6.45) is 0.949. The Balaban J connectivity index is 2.07. The van der Waals surface area contributed by atoms with E-state index in [4.69, 9.17) is 10.5 Å². The van der Waals surface area contributed by atoms with Crippen molar-refractivity contribution >= 4 is 11.3 Å². The van der Waals surface area contributed by atoms with E-state index < -0.39 is 0 Å². The third-order valence-electron chi connectivity index (χ3n) is 2.78. The summed E-state index contributed by atoms with van der Waals surface area (Å²) in [4.78, 5) is 1.20. The fourth-order valence-corrected chi connectivity index (χ4v) is 2.50. The van der Waals surface area contributed by atoms with Crippen molar-refractivity contribution in [2.75, 3.05) is 13.7 Å². The number of nitrogens with two attached hydrogens (primary N) is 1. The van der Waals surface area contributed by atoms with Crippen LogP contribution in [0.3, 0.4) is 0 Å². The highest BCUT2D eigenvalue weighted by Crippen LogP contribution is 2.23. The lowest BCUT2D eigenvalue weighted by Crippen LogP contribution is -2.10. The van der Waals surface area contributed by atoms with Crippen LogP contribution in [0.1, 0.15) is 22.0 Å². The standard InChI is InChI=1S/C14H17NOS/c1-16-9-8-11-4-6-12(7-5-11)14(15)13-3-2-10-17-13/h2-7,10,14H,8-9,15H2,1H3. The van der Waals surface area contributed by atoms with Gasteiger partial charge in [-0.1, -0.05) is 30.3 Å². The molecule has 2 aromatic rings. The van der Waals surface area contributed by atoms with Gasteiger partial charge in [-0.2, -0.15) is 0 Å². The lowest BCUT2D eigenvalue weighted by Gasteiger charge is -2.10. The van der Waals surface area contributed by atoms with Crippen LogP contribution in [-0.4, -0.2) is 13.7 Å². The fraction of sp³-hybridized carbons (Fsp3) is 0.286. The Kier molecular flexibility index (Phi) is 4.31. The molecule has 0 amide bonds. The summed E-state index contributed by atoms with van der Waals surface area (Å²) in [6, 6.07) is 12.6. The first-order valence-electron chi connectivity index (χ1n) is 5.68. The summed E-state index contributed by atoms with van der Waals surface area (Å²) in [5, 5.41) is 2.06. The molecular formula is C14H17NOS. The van der Waals surface area contributed by atoms with E-state index in [0.717, 1.165) is 18.6 Å². The van der Waals surface area contributed by atoms with E-state index in [9.17, 15) is 0 Å². The molecule has 0 fully saturated rings. The Morgan fingerprint density at radius 3 is 2.59 bits per heavy atom. The molecule has 90 valence electrons. The first-order chi connectivity index (χ1) is 8.31. The highest BCUT2D eigenvalue weighted by Gasteiger charge is 2.09. The number of benzene rings is 1. The molecule has 1 unspecified atom stereocenters. The van der Waals surface area contributed by atoms with Crippen LogP contribution in [0.4, 0.5) is 0 Å². The number of rotatable bonds is 5. The van der Waals surface area contributed by atoms with Crippen molar-refractivity contribution in [2.45, 2.75) is 12.5 Å². The molecule has 0 spiro atoms. The Labute approximate surface area is 106 Å². The van der Waals surface area contributed by atoms with Crippen LogP contribution in [0.15, 0.2) is 41.8 Å². The number of hydrogen-bond donors (Lipinski definition) is 1. The van der Waals surface area contributed by atoms with E-state index in [1.165, 1.54) is 10.4 Å². The normalized spacial score (nSPS) is 12.6. The summed E-state index contributed by atoms with van der Waals surface area (Å²) >= 11 is 1.70. The van der Waals surface area contributed by atoms with Gasteiger partial charge in [0, 0.05) is 12.0 Å². The maximum absolute atomic E-state index is 6.20. The molecule has 17 heavy (non-hydrogen) atoms. The van der Waals surface area contributed by atoms with Gasteiger partial charge in [0.2, 0.25) is 0 Å². The third kappa shape index (κ3) is 3.16. The Morgan fingerprint density at radius 1 is 1.24 bits per heavy atom. The quantitative estimate of drug-likeness (QED) is 0.881. The molecule has 0 aliphatic heterocycles. The highest BCUT2D eigenvalue weighted by atomic mass is 32.1. The fourth-order valence-electron chi connectivity index (χ4n) is 1.74. The van der Waals surface area contributed by atoms with Crippen LogP contribution in [0.2, 0.25) is 0 Å². The minimum atomic E-state index is -0.00789. The van der Waals surface area contributed by atoms with Crippen molar-refractivity contribution in [3.05, 3.63) is 57.8 Å². The van der Waals surface area contributed by atoms with Crippen molar-refractivity contribution in [3.63, 3.8) is 0 Å². The van der Waals surface area contributed by atoms with Gasteiger partial charge in [0.15, 0.2) is 0 Å². The van der Waals surface area contributed by atoms with Crippen LogP contribution in [0.5, 0.6) is 0 Å². The molecule has 1 aromatic carbocycles. The van der Waals surface area contributed by atoms with Crippen LogP contribution >= 0.6 is 11.3 Å². The zero-order chi connectivity index (χ0) is 12.1. The van der Waals surface area contributed by atoms with Gasteiger partial charge in [0.05, 0.1) is 12.6 Å². The second kappa shape index (κ2) is 5.96. The zero-order valence-corrected chi connectivity index (χ0v) is 10.7. The average molecular weight is 247 g/mol. The summed E-state index contributed by atoms with van der Waals surface area (Å²) in [5.41, 5.74) is 8.64. The lowest BCUT2D eigenvalue weighted by molar-refractivity contribution is 0.202. The van der Waals surface area contributed by atoms with Crippen LogP contribution in [0, 0.1) is 0 Å². The van der Waals surface area contributed by atoms with E-state index >= 15 is 0 Å². The van der Waals surface area contributed by atoms with Gasteiger partial charge in [-0.25, -0.2) is 0 Å². The van der Waals surface area contributed by atoms with E-state index in [0.29, 0.717) is 0 Å². The molecular weight excluding hydrogens is 230 g/mol. The third-order valence-corrected chi connectivity index (χ3v) is 3.74. The molecule has 0 radical (unpaired) electrons. The van der Waals surface area contributed by atoms with Crippen molar-refractivity contribution < 1.29 is 4.74 Å². The summed E-state index contributed by atoms with van der Waals surface area (Å²) in [7, 11) is 1.72. The zero-order valence-electron chi connectivity index (χ0n) is 9.93. The van der Waals surface area contributed by atoms with E-state index in [2.05, 4.69) is 35.7 Å². The number of ether oxygens (including phenoxy) is 1. The van der Waals surface area contributed by atoms with Gasteiger partial charge >= 0.3 is 0 Å². The molecule has 1 aromatic heterocycles. The van der Waals surface area contributed by atoms with Gasteiger partial charge < -0.3 is 10.5 Å². The number of methoxy groups -OCH3 is 1. The Morgan fingerprint density at radius 2 is 2.00 bits per heavy atom. The maximum Gasteiger partial charge on any atom is 0.0645 e. The smallest absolute Gasteiger partial charge is 0.0645 e. The summed E-state index contributed by atoms with van der Waals surface area (Å²) in [5.74, 6) is 0. The van der Waals surface area contributed by atoms with Gasteiger partial charge in [-0.3, -0.25) is 0 Å². The molecule has 0 saturated carbocycles. The molecule has 1 heterocycles. The Hall–Kier alpha value is -1.16. The monoisotopic (exact) mass is 247 g/mol. The van der Waals surface area contributed by atoms with Crippen molar-refractivity contribution in [3.8, 4) is 0 Å². The average Bonchev–Trinajstić information content (AvgIpc) is 2.90.